The molecule has 0 aliphatic rings. The number of hydrogen-bond donors (Lipinski definition) is 3. The first-order chi connectivity index (χ1) is 20.6. The third-order valence-corrected chi connectivity index (χ3v) is 7.98. The Balaban J connectivity index is 1.15. The molecule has 0 aliphatic carbocycles. The quantitative estimate of drug-likeness (QED) is 0.180. The molecule has 0 unspecified atom stereocenters. The number of hydrogen-bond acceptors (Lipinski definition) is 7. The molecule has 5 rings (SSSR count). The number of alkyl halides is 3. The van der Waals surface area contributed by atoms with Gasteiger partial charge in [-0.15, -0.1) is 5.10 Å². The highest BCUT2D eigenvalue weighted by Gasteiger charge is 2.30. The van der Waals surface area contributed by atoms with E-state index >= 15 is 0 Å². The van der Waals surface area contributed by atoms with Gasteiger partial charge in [-0.1, -0.05) is 30.3 Å². The Morgan fingerprint density at radius 3 is 2.28 bits per heavy atom. The number of nitrogens with zero attached hydrogens (tertiary/aromatic N) is 4. The predicted molar refractivity (Wildman–Crippen MR) is 155 cm³/mol. The summed E-state index contributed by atoms with van der Waals surface area (Å²) >= 11 is 0. The molecule has 0 amide bonds. The number of nitrogens with one attached hydrogen (secondary N) is 2. The van der Waals surface area contributed by atoms with Gasteiger partial charge < -0.3 is 10.4 Å². The van der Waals surface area contributed by atoms with Gasteiger partial charge in [0.2, 0.25) is 0 Å². The standard InChI is InChI=1S/C30H27F3N6O3S/c31-30(32,33)24-7-5-22(6-8-24)28-19-36-39(37-28)26-11-13-27(14-12-26)43(41,42)38-25-9-3-21(4-10-25)15-17-35-20-29(40)23-2-1-16-34-18-23/h1-14,16,18-19,29,35,38,40H,15,17,20H2/t29-/m0/s1. The van der Waals surface area contributed by atoms with Crippen molar-refractivity contribution in [2.24, 2.45) is 0 Å². The zero-order chi connectivity index (χ0) is 30.5. The fraction of sp³-hybridized carbons (Fsp3) is 0.167. The maximum atomic E-state index is 12.9. The molecule has 0 saturated heterocycles. The molecule has 0 bridgehead atoms. The van der Waals surface area contributed by atoms with Crippen LogP contribution in [0.1, 0.15) is 22.8 Å². The van der Waals surface area contributed by atoms with E-state index in [1.807, 2.05) is 18.2 Å². The molecular weight excluding hydrogens is 581 g/mol. The molecule has 0 aliphatic heterocycles. The molecule has 3 N–H and O–H groups in total. The second-order valence-corrected chi connectivity index (χ2v) is 11.3. The molecule has 2 aromatic heterocycles. The van der Waals surface area contributed by atoms with Gasteiger partial charge in [0.15, 0.2) is 0 Å². The summed E-state index contributed by atoms with van der Waals surface area (Å²) in [6.07, 6.45) is 0.303. The Kier molecular flexibility index (Phi) is 8.85. The number of aliphatic hydroxyl groups is 1. The summed E-state index contributed by atoms with van der Waals surface area (Å²) in [6.45, 7) is 1.02. The van der Waals surface area contributed by atoms with Crippen molar-refractivity contribution in [1.82, 2.24) is 25.3 Å². The van der Waals surface area contributed by atoms with Crippen LogP contribution in [0.2, 0.25) is 0 Å². The highest BCUT2D eigenvalue weighted by atomic mass is 32.2. The average molecular weight is 609 g/mol. The van der Waals surface area contributed by atoms with Gasteiger partial charge in [-0.3, -0.25) is 9.71 Å². The lowest BCUT2D eigenvalue weighted by Crippen LogP contribution is -2.23. The van der Waals surface area contributed by atoms with Gasteiger partial charge in [0, 0.05) is 35.8 Å². The van der Waals surface area contributed by atoms with Gasteiger partial charge in [-0.05, 0) is 73.1 Å². The maximum absolute atomic E-state index is 12.9. The van der Waals surface area contributed by atoms with Crippen molar-refractivity contribution in [1.29, 1.82) is 0 Å². The Morgan fingerprint density at radius 1 is 0.907 bits per heavy atom. The molecule has 43 heavy (non-hydrogen) atoms. The van der Waals surface area contributed by atoms with Gasteiger partial charge in [-0.25, -0.2) is 8.42 Å². The minimum atomic E-state index is -4.43. The van der Waals surface area contributed by atoms with Crippen LogP contribution in [0.25, 0.3) is 16.9 Å². The van der Waals surface area contributed by atoms with E-state index < -0.39 is 27.9 Å². The second-order valence-electron chi connectivity index (χ2n) is 9.65. The van der Waals surface area contributed by atoms with Crippen LogP contribution in [0.3, 0.4) is 0 Å². The predicted octanol–water partition coefficient (Wildman–Crippen LogP) is 5.01. The summed E-state index contributed by atoms with van der Waals surface area (Å²) in [5, 5.41) is 21.8. The van der Waals surface area contributed by atoms with Crippen LogP contribution in [0, 0.1) is 0 Å². The molecule has 2 heterocycles. The van der Waals surface area contributed by atoms with E-state index in [0.29, 0.717) is 42.1 Å². The number of aliphatic hydroxyl groups excluding tert-OH is 1. The number of aromatic nitrogens is 4. The Morgan fingerprint density at radius 2 is 1.63 bits per heavy atom. The zero-order valence-corrected chi connectivity index (χ0v) is 23.4. The molecule has 9 nitrogen and oxygen atoms in total. The Hall–Kier alpha value is -4.59. The summed E-state index contributed by atoms with van der Waals surface area (Å²) in [5.74, 6) is 0. The minimum Gasteiger partial charge on any atom is -0.387 e. The van der Waals surface area contributed by atoms with Gasteiger partial charge in [0.05, 0.1) is 28.4 Å². The monoisotopic (exact) mass is 608 g/mol. The van der Waals surface area contributed by atoms with E-state index in [1.54, 1.807) is 30.6 Å². The van der Waals surface area contributed by atoms with Crippen molar-refractivity contribution in [3.05, 3.63) is 120 Å². The summed E-state index contributed by atoms with van der Waals surface area (Å²) < 4.78 is 66.9. The highest BCUT2D eigenvalue weighted by molar-refractivity contribution is 7.92. The molecule has 1 atom stereocenters. The molecule has 5 aromatic rings. The molecule has 0 spiro atoms. The van der Waals surface area contributed by atoms with Crippen LogP contribution in [0.15, 0.2) is 108 Å². The van der Waals surface area contributed by atoms with E-state index in [9.17, 15) is 26.7 Å². The third-order valence-electron chi connectivity index (χ3n) is 6.58. The average Bonchev–Trinajstić information content (AvgIpc) is 3.51. The first-order valence-electron chi connectivity index (χ1n) is 13.2. The molecule has 222 valence electrons. The van der Waals surface area contributed by atoms with Crippen molar-refractivity contribution in [2.45, 2.75) is 23.6 Å². The molecule has 13 heteroatoms. The van der Waals surface area contributed by atoms with Gasteiger partial charge in [0.1, 0.15) is 5.69 Å². The number of sulfonamides is 1. The third kappa shape index (κ3) is 7.63. The van der Waals surface area contributed by atoms with Crippen LogP contribution < -0.4 is 10.0 Å². The molecule has 0 saturated carbocycles. The fourth-order valence-corrected chi connectivity index (χ4v) is 5.28. The first kappa shape index (κ1) is 29.9. The molecule has 3 aromatic carbocycles. The smallest absolute Gasteiger partial charge is 0.387 e. The Bertz CT molecular complexity index is 1740. The second kappa shape index (κ2) is 12.7. The number of benzene rings is 3. The SMILES string of the molecule is O=S(=O)(Nc1ccc(CCNC[C@H](O)c2cccnc2)cc1)c1ccc(-n2ncc(-c3ccc(C(F)(F)F)cc3)n2)cc1. The first-order valence-corrected chi connectivity index (χ1v) is 14.7. The Labute approximate surface area is 246 Å². The van der Waals surface area contributed by atoms with Crippen molar-refractivity contribution in [2.75, 3.05) is 17.8 Å². The summed E-state index contributed by atoms with van der Waals surface area (Å²) in [7, 11) is -3.87. The lowest BCUT2D eigenvalue weighted by atomic mass is 10.1. The van der Waals surface area contributed by atoms with Crippen LogP contribution in [0.4, 0.5) is 18.9 Å². The number of rotatable bonds is 11. The summed E-state index contributed by atoms with van der Waals surface area (Å²) in [6, 6.07) is 21.1. The molecular formula is C30H27F3N6O3S. The summed E-state index contributed by atoms with van der Waals surface area (Å²) in [5.41, 5.74) is 2.69. The largest absolute Gasteiger partial charge is 0.416 e. The van der Waals surface area contributed by atoms with Crippen LogP contribution in [-0.4, -0.2) is 46.6 Å². The molecule has 0 radical (unpaired) electrons. The van der Waals surface area contributed by atoms with Gasteiger partial charge >= 0.3 is 6.18 Å². The van der Waals surface area contributed by atoms with Crippen molar-refractivity contribution < 1.29 is 26.7 Å². The van der Waals surface area contributed by atoms with Crippen LogP contribution in [-0.2, 0) is 22.6 Å². The minimum absolute atomic E-state index is 0.0341. The maximum Gasteiger partial charge on any atom is 0.416 e. The normalized spacial score (nSPS) is 12.7. The fourth-order valence-electron chi connectivity index (χ4n) is 4.22. The lowest BCUT2D eigenvalue weighted by Gasteiger charge is -2.12. The summed E-state index contributed by atoms with van der Waals surface area (Å²) in [4.78, 5) is 5.30. The van der Waals surface area contributed by atoms with Gasteiger partial charge in [0.25, 0.3) is 10.0 Å². The lowest BCUT2D eigenvalue weighted by molar-refractivity contribution is -0.137. The van der Waals surface area contributed by atoms with E-state index in [2.05, 4.69) is 25.2 Å². The van der Waals surface area contributed by atoms with Gasteiger partial charge in [-0.2, -0.15) is 23.1 Å². The van der Waals surface area contributed by atoms with Crippen LogP contribution in [0.5, 0.6) is 0 Å². The zero-order valence-electron chi connectivity index (χ0n) is 22.6. The highest BCUT2D eigenvalue weighted by Crippen LogP contribution is 2.30. The van der Waals surface area contributed by atoms with Crippen molar-refractivity contribution >= 4 is 15.7 Å². The topological polar surface area (TPSA) is 122 Å². The number of halogens is 3. The number of pyridine rings is 1. The van der Waals surface area contributed by atoms with E-state index in [-0.39, 0.29) is 4.90 Å². The van der Waals surface area contributed by atoms with E-state index in [4.69, 9.17) is 0 Å². The van der Waals surface area contributed by atoms with E-state index in [0.717, 1.165) is 23.3 Å². The van der Waals surface area contributed by atoms with Crippen molar-refractivity contribution in [3.8, 4) is 16.9 Å². The van der Waals surface area contributed by atoms with Crippen LogP contribution >= 0.6 is 0 Å². The number of anilines is 1. The molecule has 0 fully saturated rings. The van der Waals surface area contributed by atoms with Crippen molar-refractivity contribution in [3.63, 3.8) is 0 Å². The van der Waals surface area contributed by atoms with E-state index in [1.165, 1.54) is 47.4 Å².